The number of carbonyl (C=O) groups is 4. The molecular formula is C47H60N10O6S. The van der Waals surface area contributed by atoms with Crippen molar-refractivity contribution in [1.29, 1.82) is 0 Å². The Morgan fingerprint density at radius 1 is 0.797 bits per heavy atom. The quantitative estimate of drug-likeness (QED) is 0.136. The van der Waals surface area contributed by atoms with Gasteiger partial charge >= 0.3 is 0 Å². The average molecular weight is 893 g/mol. The number of pyridine rings is 1. The Balaban J connectivity index is 0.665. The lowest BCUT2D eigenvalue weighted by molar-refractivity contribution is -0.139. The van der Waals surface area contributed by atoms with Crippen LogP contribution in [-0.2, 0) is 24.6 Å². The number of amides is 4. The minimum atomic E-state index is -3.84. The van der Waals surface area contributed by atoms with Crippen molar-refractivity contribution >= 4 is 50.9 Å². The molecule has 9 rings (SSSR count). The van der Waals surface area contributed by atoms with Crippen LogP contribution < -0.4 is 25.0 Å². The topological polar surface area (TPSA) is 181 Å². The van der Waals surface area contributed by atoms with Crippen LogP contribution in [0, 0.1) is 11.8 Å². The van der Waals surface area contributed by atoms with Crippen molar-refractivity contribution in [2.45, 2.75) is 69.7 Å². The predicted octanol–water partition coefficient (Wildman–Crippen LogP) is 3.82. The first-order valence-corrected chi connectivity index (χ1v) is 24.6. The van der Waals surface area contributed by atoms with Gasteiger partial charge in [0.15, 0.2) is 0 Å². The molecule has 4 aromatic rings. The fraction of sp³-hybridized carbons (Fsp3) is 0.511. The van der Waals surface area contributed by atoms with Crippen LogP contribution in [-0.4, -0.2) is 134 Å². The first-order valence-electron chi connectivity index (χ1n) is 23.1. The van der Waals surface area contributed by atoms with Gasteiger partial charge in [0.2, 0.25) is 17.7 Å². The van der Waals surface area contributed by atoms with E-state index in [9.17, 15) is 27.6 Å². The summed E-state index contributed by atoms with van der Waals surface area (Å²) in [5, 5.41) is 5.54. The Bertz CT molecular complexity index is 2450. The molecule has 1 atom stereocenters. The van der Waals surface area contributed by atoms with Gasteiger partial charge < -0.3 is 24.4 Å². The second-order valence-electron chi connectivity index (χ2n) is 18.3. The molecule has 2 aromatic carbocycles. The van der Waals surface area contributed by atoms with Crippen molar-refractivity contribution < 1.29 is 27.6 Å². The maximum Gasteiger partial charge on any atom is 0.299 e. The van der Waals surface area contributed by atoms with E-state index in [1.54, 1.807) is 30.5 Å². The van der Waals surface area contributed by atoms with E-state index in [0.717, 1.165) is 94.5 Å². The Kier molecular flexibility index (Phi) is 13.3. The van der Waals surface area contributed by atoms with Crippen molar-refractivity contribution in [2.75, 3.05) is 81.6 Å². The number of imidazole rings is 1. The zero-order valence-corrected chi connectivity index (χ0v) is 37.2. The number of nitrogens with one attached hydrogen (secondary N) is 4. The van der Waals surface area contributed by atoms with Gasteiger partial charge in [-0.2, -0.15) is 13.1 Å². The molecule has 1 unspecified atom stereocenters. The Labute approximate surface area is 375 Å². The van der Waals surface area contributed by atoms with Gasteiger partial charge in [-0.3, -0.25) is 34.1 Å². The molecule has 4 aliphatic heterocycles. The van der Waals surface area contributed by atoms with E-state index in [1.807, 2.05) is 39.8 Å². The second kappa shape index (κ2) is 19.4. The third-order valence-corrected chi connectivity index (χ3v) is 15.0. The lowest BCUT2D eigenvalue weighted by Crippen LogP contribution is -2.53. The molecule has 4 amide bonds. The summed E-state index contributed by atoms with van der Waals surface area (Å²) in [6.45, 7) is 8.34. The molecule has 4 N–H and O–H groups in total. The molecule has 0 radical (unpaired) electrons. The SMILES string of the molecule is O=C1CCC(c2cccc(N3CCC(CN4CCC(C(=O)N5CCN(CCNS(=O)(=O)Nc6cccc(-c7cn8cc(C(=O)NC9CCC9)ccc8n7)c6)CC5)CC4)CC3)c2)C(=O)N1. The van der Waals surface area contributed by atoms with Crippen molar-refractivity contribution in [3.05, 3.63) is 84.2 Å². The predicted molar refractivity (Wildman–Crippen MR) is 245 cm³/mol. The molecule has 16 nitrogen and oxygen atoms in total. The summed E-state index contributed by atoms with van der Waals surface area (Å²) < 4.78 is 33.2. The van der Waals surface area contributed by atoms with Crippen molar-refractivity contribution in [1.82, 2.24) is 39.4 Å². The monoisotopic (exact) mass is 892 g/mol. The van der Waals surface area contributed by atoms with Gasteiger partial charge in [0, 0.05) is 101 Å². The first-order chi connectivity index (χ1) is 31.0. The number of rotatable bonds is 14. The van der Waals surface area contributed by atoms with Gasteiger partial charge in [0.1, 0.15) is 5.65 Å². The molecule has 5 fully saturated rings. The van der Waals surface area contributed by atoms with Gasteiger partial charge in [0.25, 0.3) is 16.1 Å². The largest absolute Gasteiger partial charge is 0.372 e. The molecule has 0 spiro atoms. The van der Waals surface area contributed by atoms with Crippen LogP contribution in [0.15, 0.2) is 73.1 Å². The number of piperidine rings is 3. The molecule has 64 heavy (non-hydrogen) atoms. The number of hydrogen-bond donors (Lipinski definition) is 4. The standard InChI is InChI=1S/C47H60N10O6S/c58-44-13-11-41(46(60)51-44)35-4-2-9-40(29-35)55-21-14-33(15-22-55)30-54-19-16-34(17-20-54)47(61)56-26-24-53(25-27-56)23-18-48-64(62,63)52-39-8-1-5-36(28-39)42-32-57-31-37(10-12-43(57)50-42)45(59)49-38-6-3-7-38/h1-2,4-5,8-10,12,28-29,31-34,38,41,48,52H,3,6-7,11,13-27,30H2,(H,49,59)(H,51,58,60). The van der Waals surface area contributed by atoms with Crippen LogP contribution in [0.2, 0.25) is 0 Å². The molecule has 1 aliphatic carbocycles. The number of fused-ring (bicyclic) bond motifs is 1. The van der Waals surface area contributed by atoms with Crippen LogP contribution >= 0.6 is 0 Å². The molecule has 5 aliphatic rings. The fourth-order valence-electron chi connectivity index (χ4n) is 9.86. The Morgan fingerprint density at radius 3 is 2.33 bits per heavy atom. The summed E-state index contributed by atoms with van der Waals surface area (Å²) in [7, 11) is -3.84. The molecule has 0 bridgehead atoms. The highest BCUT2D eigenvalue weighted by Gasteiger charge is 2.33. The molecule has 4 saturated heterocycles. The summed E-state index contributed by atoms with van der Waals surface area (Å²) in [6, 6.07) is 19.2. The van der Waals surface area contributed by atoms with Crippen LogP contribution in [0.5, 0.6) is 0 Å². The molecule has 340 valence electrons. The second-order valence-corrected chi connectivity index (χ2v) is 19.8. The van der Waals surface area contributed by atoms with Gasteiger partial charge in [0.05, 0.1) is 22.9 Å². The average Bonchev–Trinajstić information content (AvgIpc) is 3.72. The fourth-order valence-corrected chi connectivity index (χ4v) is 10.7. The van der Waals surface area contributed by atoms with E-state index in [-0.39, 0.29) is 48.1 Å². The van der Waals surface area contributed by atoms with Crippen LogP contribution in [0.25, 0.3) is 16.9 Å². The molecule has 17 heteroatoms. The van der Waals surface area contributed by atoms with Crippen LogP contribution in [0.3, 0.4) is 0 Å². The van der Waals surface area contributed by atoms with E-state index < -0.39 is 10.2 Å². The highest BCUT2D eigenvalue weighted by atomic mass is 32.2. The zero-order valence-electron chi connectivity index (χ0n) is 36.4. The molecular weight excluding hydrogens is 833 g/mol. The lowest BCUT2D eigenvalue weighted by atomic mass is 9.89. The summed E-state index contributed by atoms with van der Waals surface area (Å²) in [4.78, 5) is 64.2. The number of anilines is 2. The van der Waals surface area contributed by atoms with Gasteiger partial charge in [-0.05, 0) is 112 Å². The smallest absolute Gasteiger partial charge is 0.299 e. The van der Waals surface area contributed by atoms with Crippen LogP contribution in [0.1, 0.15) is 79.6 Å². The number of piperazine rings is 1. The normalized spacial score (nSPS) is 21.2. The maximum absolute atomic E-state index is 13.6. The maximum atomic E-state index is 13.6. The van der Waals surface area contributed by atoms with E-state index in [4.69, 9.17) is 4.98 Å². The highest BCUT2D eigenvalue weighted by molar-refractivity contribution is 7.90. The van der Waals surface area contributed by atoms with Crippen molar-refractivity contribution in [2.24, 2.45) is 11.8 Å². The van der Waals surface area contributed by atoms with E-state index >= 15 is 0 Å². The molecule has 6 heterocycles. The van der Waals surface area contributed by atoms with Crippen LogP contribution in [0.4, 0.5) is 11.4 Å². The summed E-state index contributed by atoms with van der Waals surface area (Å²) in [6.07, 6.45) is 11.7. The number of hydrogen-bond acceptors (Lipinski definition) is 10. The van der Waals surface area contributed by atoms with E-state index in [0.29, 0.717) is 74.1 Å². The molecule has 2 aromatic heterocycles. The van der Waals surface area contributed by atoms with E-state index in [2.05, 4.69) is 46.9 Å². The highest BCUT2D eigenvalue weighted by Crippen LogP contribution is 2.31. The summed E-state index contributed by atoms with van der Waals surface area (Å²) >= 11 is 0. The lowest BCUT2D eigenvalue weighted by Gasteiger charge is -2.40. The summed E-state index contributed by atoms with van der Waals surface area (Å²) in [5.41, 5.74) is 5.17. The number of nitrogens with zero attached hydrogens (tertiary/aromatic N) is 6. The Morgan fingerprint density at radius 2 is 1.58 bits per heavy atom. The minimum absolute atomic E-state index is 0.0488. The van der Waals surface area contributed by atoms with Gasteiger partial charge in [-0.1, -0.05) is 24.3 Å². The number of carbonyl (C=O) groups excluding carboxylic acids is 4. The number of aromatic nitrogens is 2. The number of likely N-dealkylation sites (tertiary alicyclic amines) is 1. The first kappa shape index (κ1) is 43.9. The molecule has 1 saturated carbocycles. The van der Waals surface area contributed by atoms with Crippen molar-refractivity contribution in [3.63, 3.8) is 0 Å². The van der Waals surface area contributed by atoms with Gasteiger partial charge in [-0.15, -0.1) is 0 Å². The zero-order chi connectivity index (χ0) is 44.2. The van der Waals surface area contributed by atoms with Gasteiger partial charge in [-0.25, -0.2) is 4.98 Å². The number of imide groups is 1. The minimum Gasteiger partial charge on any atom is -0.372 e. The third-order valence-electron chi connectivity index (χ3n) is 13.9. The summed E-state index contributed by atoms with van der Waals surface area (Å²) in [5.74, 6) is 0.154. The van der Waals surface area contributed by atoms with E-state index in [1.165, 1.54) is 0 Å². The third kappa shape index (κ3) is 10.6. The van der Waals surface area contributed by atoms with Crippen molar-refractivity contribution in [3.8, 4) is 11.3 Å². The number of benzene rings is 2. The Hall–Kier alpha value is -5.36.